The number of hydrogen-bond acceptors (Lipinski definition) is 5. The second-order valence-corrected chi connectivity index (χ2v) is 7.19. The lowest BCUT2D eigenvalue weighted by Gasteiger charge is -2.09. The second-order valence-electron chi connectivity index (χ2n) is 6.22. The molecule has 0 aliphatic carbocycles. The van der Waals surface area contributed by atoms with Crippen molar-refractivity contribution in [1.29, 1.82) is 0 Å². The number of hydrogen-bond donors (Lipinski definition) is 1. The van der Waals surface area contributed by atoms with Gasteiger partial charge in [0.15, 0.2) is 4.96 Å². The summed E-state index contributed by atoms with van der Waals surface area (Å²) >= 11 is 1.36. The minimum Gasteiger partial charge on any atom is -0.497 e. The predicted octanol–water partition coefficient (Wildman–Crippen LogP) is 4.64. The molecule has 0 atom stereocenters. The number of amides is 1. The van der Waals surface area contributed by atoms with E-state index in [-0.39, 0.29) is 5.91 Å². The quantitative estimate of drug-likeness (QED) is 0.536. The molecule has 2 aromatic heterocycles. The molecule has 6 nitrogen and oxygen atoms in total. The van der Waals surface area contributed by atoms with Gasteiger partial charge in [0, 0.05) is 41.3 Å². The Bertz CT molecular complexity index is 1130. The van der Waals surface area contributed by atoms with Crippen LogP contribution in [0.1, 0.15) is 15.4 Å². The summed E-state index contributed by atoms with van der Waals surface area (Å²) in [6.07, 6.45) is 1.96. The zero-order valence-corrected chi connectivity index (χ0v) is 16.5. The minimum atomic E-state index is -0.190. The number of aromatic nitrogens is 2. The van der Waals surface area contributed by atoms with Crippen molar-refractivity contribution >= 4 is 27.9 Å². The van der Waals surface area contributed by atoms with Crippen LogP contribution in [0.3, 0.4) is 0 Å². The first-order valence-corrected chi connectivity index (χ1v) is 9.49. The number of fused-ring (bicyclic) bond motifs is 1. The van der Waals surface area contributed by atoms with E-state index >= 15 is 0 Å². The number of carbonyl (C=O) groups is 1. The monoisotopic (exact) mass is 393 g/mol. The Kier molecular flexibility index (Phi) is 4.75. The van der Waals surface area contributed by atoms with E-state index in [2.05, 4.69) is 10.3 Å². The van der Waals surface area contributed by atoms with Crippen molar-refractivity contribution in [3.8, 4) is 22.8 Å². The number of anilines is 1. The summed E-state index contributed by atoms with van der Waals surface area (Å²) in [6.45, 7) is 1.92. The molecular formula is C21H19N3O3S. The standard InChI is InChI=1S/C21H19N3O3S/c1-13-19(20(25)22-15-9-16(26-2)11-17(10-15)27-3)28-21-23-18(12-24(13)21)14-7-5-4-6-8-14/h4-12H,1-3H3,(H,22,25). The Morgan fingerprint density at radius 2 is 1.75 bits per heavy atom. The number of methoxy groups -OCH3 is 2. The molecule has 0 bridgehead atoms. The number of thiazole rings is 1. The predicted molar refractivity (Wildman–Crippen MR) is 111 cm³/mol. The van der Waals surface area contributed by atoms with E-state index < -0.39 is 0 Å². The summed E-state index contributed by atoms with van der Waals surface area (Å²) in [4.78, 5) is 18.9. The molecule has 0 saturated heterocycles. The lowest BCUT2D eigenvalue weighted by Crippen LogP contribution is -2.12. The third-order valence-corrected chi connectivity index (χ3v) is 5.60. The van der Waals surface area contributed by atoms with Gasteiger partial charge in [-0.1, -0.05) is 41.7 Å². The average Bonchev–Trinajstić information content (AvgIpc) is 3.28. The fourth-order valence-corrected chi connectivity index (χ4v) is 3.98. The normalized spacial score (nSPS) is 10.8. The molecule has 0 spiro atoms. The van der Waals surface area contributed by atoms with Crippen molar-refractivity contribution in [2.24, 2.45) is 0 Å². The van der Waals surface area contributed by atoms with Crippen molar-refractivity contribution < 1.29 is 14.3 Å². The molecule has 142 valence electrons. The van der Waals surface area contributed by atoms with E-state index in [0.29, 0.717) is 22.1 Å². The highest BCUT2D eigenvalue weighted by atomic mass is 32.1. The molecule has 1 N–H and O–H groups in total. The molecule has 4 aromatic rings. The van der Waals surface area contributed by atoms with Crippen LogP contribution in [0.5, 0.6) is 11.5 Å². The summed E-state index contributed by atoms with van der Waals surface area (Å²) < 4.78 is 12.5. The molecule has 0 radical (unpaired) electrons. The molecule has 2 heterocycles. The first-order chi connectivity index (χ1) is 13.6. The van der Waals surface area contributed by atoms with Gasteiger partial charge in [-0.05, 0) is 6.92 Å². The Morgan fingerprint density at radius 3 is 2.36 bits per heavy atom. The van der Waals surface area contributed by atoms with Gasteiger partial charge in [-0.2, -0.15) is 0 Å². The molecule has 0 saturated carbocycles. The van der Waals surface area contributed by atoms with Crippen LogP contribution < -0.4 is 14.8 Å². The van der Waals surface area contributed by atoms with Gasteiger partial charge in [-0.15, -0.1) is 0 Å². The average molecular weight is 393 g/mol. The highest BCUT2D eigenvalue weighted by Gasteiger charge is 2.18. The maximum atomic E-state index is 12.8. The maximum Gasteiger partial charge on any atom is 0.267 e. The number of rotatable bonds is 5. The van der Waals surface area contributed by atoms with Crippen LogP contribution in [0.15, 0.2) is 54.7 Å². The summed E-state index contributed by atoms with van der Waals surface area (Å²) in [5, 5.41) is 2.92. The van der Waals surface area contributed by atoms with Crippen molar-refractivity contribution in [3.05, 3.63) is 65.3 Å². The van der Waals surface area contributed by atoms with Gasteiger partial charge in [0.25, 0.3) is 5.91 Å². The van der Waals surface area contributed by atoms with Gasteiger partial charge in [0.2, 0.25) is 0 Å². The van der Waals surface area contributed by atoms with Gasteiger partial charge in [0.05, 0.1) is 19.9 Å². The molecule has 0 unspecified atom stereocenters. The summed E-state index contributed by atoms with van der Waals surface area (Å²) in [6, 6.07) is 15.2. The molecular weight excluding hydrogens is 374 g/mol. The molecule has 4 rings (SSSR count). The van der Waals surface area contributed by atoms with E-state index in [0.717, 1.165) is 21.9 Å². The van der Waals surface area contributed by atoms with Crippen LogP contribution in [0, 0.1) is 6.92 Å². The Hall–Kier alpha value is -3.32. The van der Waals surface area contributed by atoms with Gasteiger partial charge >= 0.3 is 0 Å². The van der Waals surface area contributed by atoms with Gasteiger partial charge in [-0.3, -0.25) is 9.20 Å². The van der Waals surface area contributed by atoms with Crippen LogP contribution >= 0.6 is 11.3 Å². The number of ether oxygens (including phenoxy) is 2. The highest BCUT2D eigenvalue weighted by molar-refractivity contribution is 7.19. The first-order valence-electron chi connectivity index (χ1n) is 8.67. The second kappa shape index (κ2) is 7.36. The summed E-state index contributed by atoms with van der Waals surface area (Å²) in [5.74, 6) is 1.03. The van der Waals surface area contributed by atoms with E-state index in [1.807, 2.05) is 47.9 Å². The van der Waals surface area contributed by atoms with Crippen molar-refractivity contribution in [2.75, 3.05) is 19.5 Å². The van der Waals surface area contributed by atoms with E-state index in [4.69, 9.17) is 9.47 Å². The first kappa shape index (κ1) is 18.1. The fourth-order valence-electron chi connectivity index (χ4n) is 2.98. The highest BCUT2D eigenvalue weighted by Crippen LogP contribution is 2.29. The number of carbonyl (C=O) groups excluding carboxylic acids is 1. The Balaban J connectivity index is 1.63. The summed E-state index contributed by atoms with van der Waals surface area (Å²) in [7, 11) is 3.15. The third kappa shape index (κ3) is 3.32. The van der Waals surface area contributed by atoms with Crippen LogP contribution in [0.25, 0.3) is 16.2 Å². The van der Waals surface area contributed by atoms with Crippen molar-refractivity contribution in [2.45, 2.75) is 6.92 Å². The zero-order valence-electron chi connectivity index (χ0n) is 15.7. The molecule has 0 fully saturated rings. The zero-order chi connectivity index (χ0) is 19.7. The lowest BCUT2D eigenvalue weighted by atomic mass is 10.2. The van der Waals surface area contributed by atoms with E-state index in [9.17, 15) is 4.79 Å². The van der Waals surface area contributed by atoms with Crippen LogP contribution in [0.2, 0.25) is 0 Å². The maximum absolute atomic E-state index is 12.8. The summed E-state index contributed by atoms with van der Waals surface area (Å²) in [5.41, 5.74) is 3.39. The number of imidazole rings is 1. The Labute approximate surface area is 166 Å². The van der Waals surface area contributed by atoms with E-state index in [1.54, 1.807) is 32.4 Å². The number of nitrogens with one attached hydrogen (secondary N) is 1. The molecule has 28 heavy (non-hydrogen) atoms. The fraction of sp³-hybridized carbons (Fsp3) is 0.143. The van der Waals surface area contributed by atoms with Gasteiger partial charge in [-0.25, -0.2) is 4.98 Å². The smallest absolute Gasteiger partial charge is 0.267 e. The topological polar surface area (TPSA) is 64.9 Å². The van der Waals surface area contributed by atoms with Gasteiger partial charge in [0.1, 0.15) is 16.4 Å². The minimum absolute atomic E-state index is 0.190. The number of nitrogens with zero attached hydrogens (tertiary/aromatic N) is 2. The molecule has 7 heteroatoms. The molecule has 1 amide bonds. The number of aryl methyl sites for hydroxylation is 1. The van der Waals surface area contributed by atoms with Crippen molar-refractivity contribution in [3.63, 3.8) is 0 Å². The third-order valence-electron chi connectivity index (χ3n) is 4.44. The lowest BCUT2D eigenvalue weighted by molar-refractivity contribution is 0.102. The Morgan fingerprint density at radius 1 is 1.07 bits per heavy atom. The van der Waals surface area contributed by atoms with Crippen LogP contribution in [0.4, 0.5) is 5.69 Å². The molecule has 0 aliphatic rings. The van der Waals surface area contributed by atoms with E-state index in [1.165, 1.54) is 11.3 Å². The van der Waals surface area contributed by atoms with Crippen LogP contribution in [-0.2, 0) is 0 Å². The SMILES string of the molecule is COc1cc(NC(=O)c2sc3nc(-c4ccccc4)cn3c2C)cc(OC)c1. The number of benzene rings is 2. The van der Waals surface area contributed by atoms with Gasteiger partial charge < -0.3 is 14.8 Å². The molecule has 0 aliphatic heterocycles. The van der Waals surface area contributed by atoms with Crippen molar-refractivity contribution in [1.82, 2.24) is 9.38 Å². The van der Waals surface area contributed by atoms with Crippen LogP contribution in [-0.4, -0.2) is 29.5 Å². The largest absolute Gasteiger partial charge is 0.497 e. The molecule has 2 aromatic carbocycles.